The van der Waals surface area contributed by atoms with Crippen LogP contribution in [0.1, 0.15) is 71.6 Å². The molecule has 0 amide bonds. The number of unbranched alkanes of at least 4 members (excludes halogenated alkanes) is 2. The average molecular weight is 353 g/mol. The molecule has 0 fully saturated rings. The van der Waals surface area contributed by atoms with Crippen LogP contribution >= 0.6 is 15.9 Å². The number of halogens is 1. The molecule has 0 bridgehead atoms. The van der Waals surface area contributed by atoms with Gasteiger partial charge in [-0.2, -0.15) is 0 Å². The monoisotopic (exact) mass is 352 g/mol. The summed E-state index contributed by atoms with van der Waals surface area (Å²) in [6.45, 7) is 4.47. The van der Waals surface area contributed by atoms with Gasteiger partial charge in [-0.25, -0.2) is 0 Å². The molecule has 0 heterocycles. The zero-order valence-corrected chi connectivity index (χ0v) is 15.5. The van der Waals surface area contributed by atoms with Gasteiger partial charge in [0.25, 0.3) is 0 Å². The smallest absolute Gasteiger partial charge is 0.0180 e. The van der Waals surface area contributed by atoms with Crippen LogP contribution in [0.5, 0.6) is 0 Å². The first-order valence-corrected chi connectivity index (χ1v) is 9.46. The topological polar surface area (TPSA) is 0 Å². The Bertz CT molecular complexity index is 310. The molecule has 1 atom stereocenters. The number of rotatable bonds is 13. The number of hydrogen-bond donors (Lipinski definition) is 0. The van der Waals surface area contributed by atoms with Gasteiger partial charge in [0, 0.05) is 4.83 Å². The van der Waals surface area contributed by atoms with Gasteiger partial charge in [0.1, 0.15) is 0 Å². The fourth-order valence-corrected chi connectivity index (χ4v) is 2.60. The van der Waals surface area contributed by atoms with Crippen LogP contribution in [0.2, 0.25) is 0 Å². The molecule has 0 spiro atoms. The van der Waals surface area contributed by atoms with Crippen molar-refractivity contribution >= 4 is 15.9 Å². The maximum Gasteiger partial charge on any atom is 0.0180 e. The minimum absolute atomic E-state index is 0.649. The predicted molar refractivity (Wildman–Crippen MR) is 102 cm³/mol. The van der Waals surface area contributed by atoms with Gasteiger partial charge in [-0.15, -0.1) is 0 Å². The first-order chi connectivity index (χ1) is 10.3. The van der Waals surface area contributed by atoms with E-state index in [-0.39, 0.29) is 0 Å². The molecule has 0 aromatic rings. The molecule has 0 radical (unpaired) electrons. The fourth-order valence-electron chi connectivity index (χ4n) is 1.93. The highest BCUT2D eigenvalue weighted by molar-refractivity contribution is 9.09. The van der Waals surface area contributed by atoms with Crippen molar-refractivity contribution in [3.8, 4) is 0 Å². The summed E-state index contributed by atoms with van der Waals surface area (Å²) in [5.41, 5.74) is 0. The molecule has 120 valence electrons. The van der Waals surface area contributed by atoms with Crippen LogP contribution in [0, 0.1) is 0 Å². The molecule has 0 nitrogen and oxygen atoms in total. The standard InChI is InChI=1S/C20H33Br/c1-3-5-6-7-8-9-10-11-12-13-14-15-16-17-19-20(21)18-4-2/h7-8,10-11,13-14,16-17,20H,3-6,9,12,15,18-19H2,1-2H3/b8-7-,11-10-,14-13-,17-16-/t20-/m1/s1. The van der Waals surface area contributed by atoms with E-state index in [1.807, 2.05) is 0 Å². The summed E-state index contributed by atoms with van der Waals surface area (Å²) in [6, 6.07) is 0. The number of allylic oxidation sites excluding steroid dienone is 8. The lowest BCUT2D eigenvalue weighted by Crippen LogP contribution is -1.93. The van der Waals surface area contributed by atoms with E-state index in [9.17, 15) is 0 Å². The lowest BCUT2D eigenvalue weighted by atomic mass is 10.2. The Hall–Kier alpha value is -0.560. The van der Waals surface area contributed by atoms with Gasteiger partial charge in [0.15, 0.2) is 0 Å². The third kappa shape index (κ3) is 17.4. The first kappa shape index (κ1) is 20.4. The van der Waals surface area contributed by atoms with E-state index in [0.717, 1.165) is 25.7 Å². The third-order valence-corrected chi connectivity index (χ3v) is 4.03. The van der Waals surface area contributed by atoms with Crippen LogP contribution in [-0.2, 0) is 0 Å². The largest absolute Gasteiger partial charge is 0.0887 e. The summed E-state index contributed by atoms with van der Waals surface area (Å²) in [6.07, 6.45) is 28.8. The van der Waals surface area contributed by atoms with Gasteiger partial charge in [-0.1, -0.05) is 97.6 Å². The van der Waals surface area contributed by atoms with Crippen LogP contribution in [0.3, 0.4) is 0 Å². The fraction of sp³-hybridized carbons (Fsp3) is 0.600. The Balaban J connectivity index is 3.47. The Morgan fingerprint density at radius 1 is 0.714 bits per heavy atom. The van der Waals surface area contributed by atoms with Crippen molar-refractivity contribution in [2.75, 3.05) is 0 Å². The molecule has 0 saturated carbocycles. The highest BCUT2D eigenvalue weighted by atomic mass is 79.9. The van der Waals surface area contributed by atoms with Crippen LogP contribution in [0.15, 0.2) is 48.6 Å². The minimum atomic E-state index is 0.649. The summed E-state index contributed by atoms with van der Waals surface area (Å²) in [5, 5.41) is 0. The second kappa shape index (κ2) is 17.5. The van der Waals surface area contributed by atoms with E-state index in [1.54, 1.807) is 0 Å². The molecule has 0 N–H and O–H groups in total. The lowest BCUT2D eigenvalue weighted by Gasteiger charge is -2.02. The van der Waals surface area contributed by atoms with Gasteiger partial charge >= 0.3 is 0 Å². The third-order valence-electron chi connectivity index (χ3n) is 3.20. The molecule has 0 saturated heterocycles. The van der Waals surface area contributed by atoms with Crippen molar-refractivity contribution in [1.29, 1.82) is 0 Å². The molecular weight excluding hydrogens is 320 g/mol. The molecule has 0 aliphatic carbocycles. The summed E-state index contributed by atoms with van der Waals surface area (Å²) in [5.74, 6) is 0. The maximum atomic E-state index is 3.69. The summed E-state index contributed by atoms with van der Waals surface area (Å²) < 4.78 is 0. The summed E-state index contributed by atoms with van der Waals surface area (Å²) in [4.78, 5) is 0.649. The van der Waals surface area contributed by atoms with Crippen molar-refractivity contribution in [3.05, 3.63) is 48.6 Å². The molecule has 0 aliphatic heterocycles. The zero-order valence-electron chi connectivity index (χ0n) is 13.9. The van der Waals surface area contributed by atoms with Gasteiger partial charge in [-0.05, 0) is 38.5 Å². The van der Waals surface area contributed by atoms with Crippen molar-refractivity contribution < 1.29 is 0 Å². The Morgan fingerprint density at radius 2 is 1.24 bits per heavy atom. The second-order valence-electron chi connectivity index (χ2n) is 5.36. The molecule has 0 unspecified atom stereocenters. The Kier molecular flexibility index (Phi) is 17.0. The van der Waals surface area contributed by atoms with Crippen LogP contribution in [0.25, 0.3) is 0 Å². The van der Waals surface area contributed by atoms with Gasteiger partial charge < -0.3 is 0 Å². The maximum absolute atomic E-state index is 3.69. The zero-order chi connectivity index (χ0) is 15.6. The van der Waals surface area contributed by atoms with Crippen molar-refractivity contribution in [2.45, 2.75) is 76.5 Å². The van der Waals surface area contributed by atoms with Gasteiger partial charge in [-0.3, -0.25) is 0 Å². The molecular formula is C20H33Br. The Labute approximate surface area is 141 Å². The van der Waals surface area contributed by atoms with E-state index in [2.05, 4.69) is 78.4 Å². The highest BCUT2D eigenvalue weighted by Crippen LogP contribution is 2.12. The van der Waals surface area contributed by atoms with E-state index in [1.165, 1.54) is 32.1 Å². The molecule has 21 heavy (non-hydrogen) atoms. The van der Waals surface area contributed by atoms with Crippen LogP contribution < -0.4 is 0 Å². The second-order valence-corrected chi connectivity index (χ2v) is 6.65. The summed E-state index contributed by atoms with van der Waals surface area (Å²) >= 11 is 3.69. The number of hydrogen-bond acceptors (Lipinski definition) is 0. The quantitative estimate of drug-likeness (QED) is 0.182. The van der Waals surface area contributed by atoms with Crippen LogP contribution in [-0.4, -0.2) is 4.83 Å². The van der Waals surface area contributed by atoms with E-state index in [4.69, 9.17) is 0 Å². The van der Waals surface area contributed by atoms with E-state index < -0.39 is 0 Å². The highest BCUT2D eigenvalue weighted by Gasteiger charge is 1.97. The average Bonchev–Trinajstić information content (AvgIpc) is 2.48. The SMILES string of the molecule is CCCC/C=C\C/C=C\C/C=C\C/C=C\C[C@H](Br)CCC. The van der Waals surface area contributed by atoms with Gasteiger partial charge in [0.2, 0.25) is 0 Å². The normalized spacial score (nSPS) is 14.2. The Morgan fingerprint density at radius 3 is 1.76 bits per heavy atom. The van der Waals surface area contributed by atoms with Crippen molar-refractivity contribution in [2.24, 2.45) is 0 Å². The molecule has 1 heteroatoms. The van der Waals surface area contributed by atoms with E-state index >= 15 is 0 Å². The lowest BCUT2D eigenvalue weighted by molar-refractivity contribution is 0.756. The molecule has 0 aliphatic rings. The van der Waals surface area contributed by atoms with Crippen LogP contribution in [0.4, 0.5) is 0 Å². The van der Waals surface area contributed by atoms with Gasteiger partial charge in [0.05, 0.1) is 0 Å². The predicted octanol–water partition coefficient (Wildman–Crippen LogP) is 7.53. The molecule has 0 aromatic heterocycles. The molecule has 0 aromatic carbocycles. The number of alkyl halides is 1. The van der Waals surface area contributed by atoms with E-state index in [0.29, 0.717) is 4.83 Å². The summed E-state index contributed by atoms with van der Waals surface area (Å²) in [7, 11) is 0. The molecule has 0 rings (SSSR count). The van der Waals surface area contributed by atoms with Crippen molar-refractivity contribution in [3.63, 3.8) is 0 Å². The van der Waals surface area contributed by atoms with Crippen molar-refractivity contribution in [1.82, 2.24) is 0 Å². The minimum Gasteiger partial charge on any atom is -0.0887 e. The first-order valence-electron chi connectivity index (χ1n) is 8.55.